The van der Waals surface area contributed by atoms with E-state index in [1.807, 2.05) is 30.5 Å². The second-order valence-corrected chi connectivity index (χ2v) is 6.03. The summed E-state index contributed by atoms with van der Waals surface area (Å²) in [4.78, 5) is 16.8. The van der Waals surface area contributed by atoms with E-state index in [-0.39, 0.29) is 6.10 Å². The van der Waals surface area contributed by atoms with Crippen LogP contribution in [-0.4, -0.2) is 28.6 Å². The number of hydrogen-bond donors (Lipinski definition) is 0. The molecule has 2 aromatic rings. The largest absolute Gasteiger partial charge is 0.490 e. The highest BCUT2D eigenvalue weighted by Gasteiger charge is 2.19. The molecule has 5 heteroatoms. The molecule has 0 N–H and O–H groups in total. The molecule has 5 nitrogen and oxygen atoms in total. The molecule has 0 aliphatic rings. The monoisotopic (exact) mass is 318 g/mol. The Morgan fingerprint density at radius 2 is 2.04 bits per heavy atom. The molecular formula is C18H26N2O3. The first-order chi connectivity index (χ1) is 11.0. The summed E-state index contributed by atoms with van der Waals surface area (Å²) in [6.07, 6.45) is 7.01. The normalized spacial score (nSPS) is 12.6. The summed E-state index contributed by atoms with van der Waals surface area (Å²) in [5.41, 5.74) is 2.27. The zero-order valence-corrected chi connectivity index (χ0v) is 14.6. The zero-order chi connectivity index (χ0) is 17.0. The molecule has 0 spiro atoms. The van der Waals surface area contributed by atoms with Crippen LogP contribution in [-0.2, 0) is 4.74 Å². The van der Waals surface area contributed by atoms with Crippen LogP contribution in [0.1, 0.15) is 68.9 Å². The molecule has 2 aromatic heterocycles. The number of pyridine rings is 1. The minimum atomic E-state index is -0.404. The Kier molecular flexibility index (Phi) is 5.64. The number of carbonyl (C=O) groups is 1. The highest BCUT2D eigenvalue weighted by atomic mass is 16.5. The fourth-order valence-electron chi connectivity index (χ4n) is 2.76. The van der Waals surface area contributed by atoms with E-state index in [1.54, 1.807) is 6.20 Å². The van der Waals surface area contributed by atoms with Crippen LogP contribution < -0.4 is 4.74 Å². The molecule has 0 saturated carbocycles. The van der Waals surface area contributed by atoms with Gasteiger partial charge in [-0.05, 0) is 26.7 Å². The third-order valence-corrected chi connectivity index (χ3v) is 3.89. The molecule has 1 atom stereocenters. The van der Waals surface area contributed by atoms with Gasteiger partial charge in [0.05, 0.1) is 18.9 Å². The maximum atomic E-state index is 12.0. The number of imidazole rings is 1. The molecule has 0 fully saturated rings. The van der Waals surface area contributed by atoms with E-state index in [4.69, 9.17) is 14.5 Å². The molecule has 126 valence electrons. The molecule has 0 amide bonds. The standard InChI is InChI=1S/C18H26N2O3/c1-6-8-13(7-2)15-11-20-10-14(18(21)22-5)16(23-12(3)4)9-17(20)19-15/h9-13H,6-8H2,1-5H3. The Morgan fingerprint density at radius 3 is 2.61 bits per heavy atom. The van der Waals surface area contributed by atoms with Crippen LogP contribution in [0.5, 0.6) is 5.75 Å². The van der Waals surface area contributed by atoms with Crippen LogP contribution in [0.4, 0.5) is 0 Å². The number of ether oxygens (including phenoxy) is 2. The third kappa shape index (κ3) is 3.84. The minimum absolute atomic E-state index is 0.0289. The Hall–Kier alpha value is -2.04. The van der Waals surface area contributed by atoms with Gasteiger partial charge in [0.2, 0.25) is 0 Å². The SMILES string of the molecule is CCCC(CC)c1cn2cc(C(=O)OC)c(OC(C)C)cc2n1. The first kappa shape index (κ1) is 17.3. The summed E-state index contributed by atoms with van der Waals surface area (Å²) in [7, 11) is 1.37. The Bertz CT molecular complexity index is 676. The number of nitrogens with zero attached hydrogens (tertiary/aromatic N) is 2. The van der Waals surface area contributed by atoms with Gasteiger partial charge < -0.3 is 13.9 Å². The van der Waals surface area contributed by atoms with Crippen molar-refractivity contribution in [2.75, 3.05) is 7.11 Å². The molecule has 0 saturated heterocycles. The van der Waals surface area contributed by atoms with Crippen LogP contribution in [0.25, 0.3) is 5.65 Å². The summed E-state index contributed by atoms with van der Waals surface area (Å²) >= 11 is 0. The van der Waals surface area contributed by atoms with E-state index in [0.717, 1.165) is 30.6 Å². The quantitative estimate of drug-likeness (QED) is 0.718. The zero-order valence-electron chi connectivity index (χ0n) is 14.6. The summed E-state index contributed by atoms with van der Waals surface area (Å²) in [6.45, 7) is 8.22. The van der Waals surface area contributed by atoms with Gasteiger partial charge in [-0.25, -0.2) is 9.78 Å². The highest BCUT2D eigenvalue weighted by Crippen LogP contribution is 2.28. The van der Waals surface area contributed by atoms with Crippen molar-refractivity contribution in [3.8, 4) is 5.75 Å². The number of rotatable bonds is 7. The third-order valence-electron chi connectivity index (χ3n) is 3.89. The summed E-state index contributed by atoms with van der Waals surface area (Å²) < 4.78 is 12.5. The van der Waals surface area contributed by atoms with Gasteiger partial charge in [-0.15, -0.1) is 0 Å². The highest BCUT2D eigenvalue weighted by molar-refractivity contribution is 5.92. The van der Waals surface area contributed by atoms with Gasteiger partial charge in [0.15, 0.2) is 0 Å². The molecule has 2 rings (SSSR count). The van der Waals surface area contributed by atoms with Gasteiger partial charge in [-0.3, -0.25) is 0 Å². The predicted molar refractivity (Wildman–Crippen MR) is 90.2 cm³/mol. The van der Waals surface area contributed by atoms with E-state index < -0.39 is 5.97 Å². The van der Waals surface area contributed by atoms with Gasteiger partial charge in [-0.1, -0.05) is 20.3 Å². The molecule has 2 heterocycles. The number of fused-ring (bicyclic) bond motifs is 1. The maximum Gasteiger partial charge on any atom is 0.343 e. The lowest BCUT2D eigenvalue weighted by molar-refractivity contribution is 0.0593. The van der Waals surface area contributed by atoms with Crippen LogP contribution >= 0.6 is 0 Å². The van der Waals surface area contributed by atoms with Crippen LogP contribution in [0, 0.1) is 0 Å². The minimum Gasteiger partial charge on any atom is -0.490 e. The number of aromatic nitrogens is 2. The molecule has 0 bridgehead atoms. The van der Waals surface area contributed by atoms with Gasteiger partial charge in [0, 0.05) is 24.4 Å². The fraction of sp³-hybridized carbons (Fsp3) is 0.556. The van der Waals surface area contributed by atoms with Crippen LogP contribution in [0.3, 0.4) is 0 Å². The van der Waals surface area contributed by atoms with E-state index in [2.05, 4.69) is 13.8 Å². The molecule has 0 aliphatic heterocycles. The Balaban J connectivity index is 2.50. The van der Waals surface area contributed by atoms with Crippen molar-refractivity contribution >= 4 is 11.6 Å². The second kappa shape index (κ2) is 7.49. The van der Waals surface area contributed by atoms with Gasteiger partial charge >= 0.3 is 5.97 Å². The smallest absolute Gasteiger partial charge is 0.343 e. The number of hydrogen-bond acceptors (Lipinski definition) is 4. The number of esters is 1. The lowest BCUT2D eigenvalue weighted by Crippen LogP contribution is -2.12. The summed E-state index contributed by atoms with van der Waals surface area (Å²) in [5.74, 6) is 0.550. The van der Waals surface area contributed by atoms with Crippen LogP contribution in [0.15, 0.2) is 18.5 Å². The molecule has 23 heavy (non-hydrogen) atoms. The summed E-state index contributed by atoms with van der Waals surface area (Å²) in [5, 5.41) is 0. The lowest BCUT2D eigenvalue weighted by atomic mass is 9.98. The van der Waals surface area contributed by atoms with Crippen molar-refractivity contribution in [3.63, 3.8) is 0 Å². The van der Waals surface area contributed by atoms with Crippen molar-refractivity contribution in [1.82, 2.24) is 9.38 Å². The lowest BCUT2D eigenvalue weighted by Gasteiger charge is -2.13. The molecule has 0 aliphatic carbocycles. The van der Waals surface area contributed by atoms with Gasteiger partial charge in [0.25, 0.3) is 0 Å². The van der Waals surface area contributed by atoms with Crippen molar-refractivity contribution in [1.29, 1.82) is 0 Å². The predicted octanol–water partition coefficient (Wildman–Crippen LogP) is 4.20. The van der Waals surface area contributed by atoms with Crippen molar-refractivity contribution < 1.29 is 14.3 Å². The van der Waals surface area contributed by atoms with Crippen molar-refractivity contribution in [2.24, 2.45) is 0 Å². The molecule has 1 unspecified atom stereocenters. The Morgan fingerprint density at radius 1 is 1.30 bits per heavy atom. The second-order valence-electron chi connectivity index (χ2n) is 6.03. The average molecular weight is 318 g/mol. The van der Waals surface area contributed by atoms with Crippen molar-refractivity contribution in [3.05, 3.63) is 29.7 Å². The first-order valence-corrected chi connectivity index (χ1v) is 8.27. The van der Waals surface area contributed by atoms with Gasteiger partial charge in [-0.2, -0.15) is 0 Å². The van der Waals surface area contributed by atoms with E-state index in [9.17, 15) is 4.79 Å². The van der Waals surface area contributed by atoms with Gasteiger partial charge in [0.1, 0.15) is 17.0 Å². The maximum absolute atomic E-state index is 12.0. The van der Waals surface area contributed by atoms with E-state index in [0.29, 0.717) is 17.2 Å². The van der Waals surface area contributed by atoms with E-state index in [1.165, 1.54) is 7.11 Å². The van der Waals surface area contributed by atoms with Crippen molar-refractivity contribution in [2.45, 2.75) is 59.0 Å². The Labute approximate surface area is 137 Å². The number of methoxy groups -OCH3 is 1. The average Bonchev–Trinajstić information content (AvgIpc) is 2.93. The topological polar surface area (TPSA) is 52.8 Å². The summed E-state index contributed by atoms with van der Waals surface area (Å²) in [6, 6.07) is 1.81. The molecule has 0 radical (unpaired) electrons. The first-order valence-electron chi connectivity index (χ1n) is 8.27. The molecule has 0 aromatic carbocycles. The number of carbonyl (C=O) groups excluding carboxylic acids is 1. The van der Waals surface area contributed by atoms with E-state index >= 15 is 0 Å². The van der Waals surface area contributed by atoms with Crippen LogP contribution in [0.2, 0.25) is 0 Å². The molecular weight excluding hydrogens is 292 g/mol. The fourth-order valence-corrected chi connectivity index (χ4v) is 2.76.